The normalized spacial score (nSPS) is 21.3. The highest BCUT2D eigenvalue weighted by Crippen LogP contribution is 2.20. The predicted molar refractivity (Wildman–Crippen MR) is 71.6 cm³/mol. The molecular formula is C10H18N2O3S2. The van der Waals surface area contributed by atoms with E-state index >= 15 is 0 Å². The molecule has 5 nitrogen and oxygen atoms in total. The SMILES string of the molecule is CSC(C)CCNC(=O)N1CSCC1C(=O)O. The van der Waals surface area contributed by atoms with Crippen molar-refractivity contribution in [3.63, 3.8) is 0 Å². The first-order valence-corrected chi connectivity index (χ1v) is 7.88. The van der Waals surface area contributed by atoms with Gasteiger partial charge < -0.3 is 15.3 Å². The van der Waals surface area contributed by atoms with Crippen molar-refractivity contribution in [1.29, 1.82) is 0 Å². The summed E-state index contributed by atoms with van der Waals surface area (Å²) in [6, 6.07) is -0.950. The van der Waals surface area contributed by atoms with Crippen molar-refractivity contribution in [2.24, 2.45) is 0 Å². The van der Waals surface area contributed by atoms with Crippen LogP contribution in [0, 0.1) is 0 Å². The molecule has 7 heteroatoms. The summed E-state index contributed by atoms with van der Waals surface area (Å²) in [7, 11) is 0. The molecule has 1 rings (SSSR count). The molecule has 2 atom stereocenters. The van der Waals surface area contributed by atoms with Crippen molar-refractivity contribution in [2.45, 2.75) is 24.6 Å². The van der Waals surface area contributed by atoms with Crippen molar-refractivity contribution in [3.8, 4) is 0 Å². The molecule has 0 aromatic rings. The first-order valence-electron chi connectivity index (χ1n) is 5.44. The average Bonchev–Trinajstić information content (AvgIpc) is 2.77. The van der Waals surface area contributed by atoms with Crippen LogP contribution in [0.25, 0.3) is 0 Å². The van der Waals surface area contributed by atoms with Crippen LogP contribution in [-0.4, -0.2) is 57.7 Å². The van der Waals surface area contributed by atoms with E-state index in [1.54, 1.807) is 11.8 Å². The Morgan fingerprint density at radius 3 is 2.94 bits per heavy atom. The minimum Gasteiger partial charge on any atom is -0.480 e. The highest BCUT2D eigenvalue weighted by Gasteiger charge is 2.34. The van der Waals surface area contributed by atoms with Crippen molar-refractivity contribution >= 4 is 35.5 Å². The van der Waals surface area contributed by atoms with E-state index in [9.17, 15) is 9.59 Å². The minimum atomic E-state index is -0.928. The maximum absolute atomic E-state index is 11.8. The number of amides is 2. The van der Waals surface area contributed by atoms with Gasteiger partial charge in [0, 0.05) is 17.5 Å². The van der Waals surface area contributed by atoms with E-state index in [-0.39, 0.29) is 6.03 Å². The second-order valence-electron chi connectivity index (χ2n) is 3.89. The number of nitrogens with one attached hydrogen (secondary N) is 1. The van der Waals surface area contributed by atoms with Gasteiger partial charge in [-0.3, -0.25) is 0 Å². The van der Waals surface area contributed by atoms with E-state index in [0.29, 0.717) is 23.4 Å². The molecule has 2 unspecified atom stereocenters. The van der Waals surface area contributed by atoms with Crippen LogP contribution in [0.1, 0.15) is 13.3 Å². The summed E-state index contributed by atoms with van der Waals surface area (Å²) in [5.74, 6) is 0.00725. The number of rotatable bonds is 5. The van der Waals surface area contributed by atoms with Gasteiger partial charge in [0.15, 0.2) is 0 Å². The Balaban J connectivity index is 2.34. The molecule has 17 heavy (non-hydrogen) atoms. The Morgan fingerprint density at radius 2 is 2.35 bits per heavy atom. The lowest BCUT2D eigenvalue weighted by atomic mass is 10.3. The molecule has 1 aliphatic heterocycles. The van der Waals surface area contributed by atoms with E-state index in [2.05, 4.69) is 12.2 Å². The summed E-state index contributed by atoms with van der Waals surface area (Å²) in [5, 5.41) is 12.2. The summed E-state index contributed by atoms with van der Waals surface area (Å²) in [6.07, 6.45) is 2.93. The van der Waals surface area contributed by atoms with Gasteiger partial charge in [-0.15, -0.1) is 11.8 Å². The van der Waals surface area contributed by atoms with E-state index in [4.69, 9.17) is 5.11 Å². The molecule has 0 aromatic heterocycles. The molecule has 1 aliphatic rings. The maximum Gasteiger partial charge on any atom is 0.327 e. The number of aliphatic carboxylic acids is 1. The van der Waals surface area contributed by atoms with Crippen LogP contribution in [0.3, 0.4) is 0 Å². The van der Waals surface area contributed by atoms with Crippen LogP contribution < -0.4 is 5.32 Å². The number of urea groups is 1. The van der Waals surface area contributed by atoms with Gasteiger partial charge in [0.25, 0.3) is 0 Å². The molecule has 0 spiro atoms. The number of hydrogen-bond acceptors (Lipinski definition) is 4. The summed E-state index contributed by atoms with van der Waals surface area (Å²) in [6.45, 7) is 2.69. The number of thioether (sulfide) groups is 2. The zero-order valence-electron chi connectivity index (χ0n) is 10.0. The first-order chi connectivity index (χ1) is 8.06. The lowest BCUT2D eigenvalue weighted by molar-refractivity contribution is -0.140. The number of carbonyl (C=O) groups excluding carboxylic acids is 1. The highest BCUT2D eigenvalue weighted by molar-refractivity contribution is 7.99. The lowest BCUT2D eigenvalue weighted by Crippen LogP contribution is -2.47. The average molecular weight is 278 g/mol. The zero-order valence-corrected chi connectivity index (χ0v) is 11.6. The van der Waals surface area contributed by atoms with Crippen LogP contribution in [0.4, 0.5) is 4.79 Å². The van der Waals surface area contributed by atoms with Crippen molar-refractivity contribution in [1.82, 2.24) is 10.2 Å². The Kier molecular flexibility index (Phi) is 5.97. The molecule has 0 aromatic carbocycles. The molecule has 98 valence electrons. The van der Waals surface area contributed by atoms with Gasteiger partial charge in [-0.1, -0.05) is 6.92 Å². The Morgan fingerprint density at radius 1 is 1.65 bits per heavy atom. The Labute approximate surface area is 110 Å². The standard InChI is InChI=1S/C10H18N2O3S2/c1-7(16-2)3-4-11-10(15)12-6-17-5-8(12)9(13)14/h7-8H,3-6H2,1-2H3,(H,11,15)(H,13,14). The quantitative estimate of drug-likeness (QED) is 0.793. The number of carbonyl (C=O) groups is 2. The van der Waals surface area contributed by atoms with Crippen molar-refractivity contribution in [2.75, 3.05) is 24.4 Å². The molecule has 1 fully saturated rings. The second-order valence-corrected chi connectivity index (χ2v) is 6.17. The van der Waals surface area contributed by atoms with Gasteiger partial charge in [-0.25, -0.2) is 9.59 Å². The zero-order chi connectivity index (χ0) is 12.8. The fourth-order valence-corrected chi connectivity index (χ4v) is 2.95. The van der Waals surface area contributed by atoms with Crippen LogP contribution in [-0.2, 0) is 4.79 Å². The molecular weight excluding hydrogens is 260 g/mol. The van der Waals surface area contributed by atoms with E-state index < -0.39 is 12.0 Å². The molecule has 0 radical (unpaired) electrons. The van der Waals surface area contributed by atoms with Crippen LogP contribution in [0.2, 0.25) is 0 Å². The molecule has 0 saturated carbocycles. The summed E-state index contributed by atoms with van der Waals surface area (Å²) >= 11 is 3.22. The summed E-state index contributed by atoms with van der Waals surface area (Å²) in [4.78, 5) is 24.1. The van der Waals surface area contributed by atoms with Crippen LogP contribution >= 0.6 is 23.5 Å². The first kappa shape index (κ1) is 14.5. The third kappa shape index (κ3) is 4.31. The number of carboxylic acids is 1. The third-order valence-corrected chi connectivity index (χ3v) is 4.71. The van der Waals surface area contributed by atoms with Crippen LogP contribution in [0.5, 0.6) is 0 Å². The van der Waals surface area contributed by atoms with Gasteiger partial charge in [0.05, 0.1) is 5.88 Å². The van der Waals surface area contributed by atoms with E-state index in [0.717, 1.165) is 6.42 Å². The fraction of sp³-hybridized carbons (Fsp3) is 0.800. The Bertz CT molecular complexity index is 289. The second kappa shape index (κ2) is 7.00. The van der Waals surface area contributed by atoms with E-state index in [1.165, 1.54) is 16.7 Å². The van der Waals surface area contributed by atoms with Gasteiger partial charge in [0.2, 0.25) is 0 Å². The number of nitrogens with zero attached hydrogens (tertiary/aromatic N) is 1. The number of carboxylic acid groups (broad SMARTS) is 1. The van der Waals surface area contributed by atoms with Gasteiger partial charge in [-0.05, 0) is 12.7 Å². The lowest BCUT2D eigenvalue weighted by Gasteiger charge is -2.21. The van der Waals surface area contributed by atoms with Crippen molar-refractivity contribution in [3.05, 3.63) is 0 Å². The third-order valence-electron chi connectivity index (χ3n) is 2.66. The minimum absolute atomic E-state index is 0.268. The summed E-state index contributed by atoms with van der Waals surface area (Å²) < 4.78 is 0. The van der Waals surface area contributed by atoms with Crippen molar-refractivity contribution < 1.29 is 14.7 Å². The fourth-order valence-electron chi connectivity index (χ4n) is 1.45. The molecule has 2 N–H and O–H groups in total. The molecule has 2 amide bonds. The largest absolute Gasteiger partial charge is 0.480 e. The smallest absolute Gasteiger partial charge is 0.327 e. The maximum atomic E-state index is 11.8. The molecule has 0 bridgehead atoms. The molecule has 0 aliphatic carbocycles. The van der Waals surface area contributed by atoms with E-state index in [1.807, 2.05) is 6.26 Å². The molecule has 1 saturated heterocycles. The highest BCUT2D eigenvalue weighted by atomic mass is 32.2. The summed E-state index contributed by atoms with van der Waals surface area (Å²) in [5.41, 5.74) is 0. The van der Waals surface area contributed by atoms with Gasteiger partial charge in [-0.2, -0.15) is 11.8 Å². The molecule has 1 heterocycles. The Hall–Kier alpha value is -0.560. The monoisotopic (exact) mass is 278 g/mol. The van der Waals surface area contributed by atoms with Gasteiger partial charge >= 0.3 is 12.0 Å². The van der Waals surface area contributed by atoms with Gasteiger partial charge in [0.1, 0.15) is 6.04 Å². The number of hydrogen-bond donors (Lipinski definition) is 2. The topological polar surface area (TPSA) is 69.6 Å². The van der Waals surface area contributed by atoms with Crippen LogP contribution in [0.15, 0.2) is 0 Å². The predicted octanol–water partition coefficient (Wildman–Crippen LogP) is 1.30.